The van der Waals surface area contributed by atoms with Gasteiger partial charge in [0.15, 0.2) is 0 Å². The fraction of sp³-hybridized carbons (Fsp3) is 0.200. The molecule has 0 N–H and O–H groups in total. The molecular weight excluding hydrogens is 436 g/mol. The van der Waals surface area contributed by atoms with Gasteiger partial charge in [-0.2, -0.15) is 0 Å². The minimum atomic E-state index is 0.158. The van der Waals surface area contributed by atoms with Gasteiger partial charge in [-0.3, -0.25) is 0 Å². The smallest absolute Gasteiger partial charge is 0.133 e. The van der Waals surface area contributed by atoms with E-state index in [1.165, 1.54) is 16.7 Å². The maximum atomic E-state index is 5.25. The van der Waals surface area contributed by atoms with Crippen LogP contribution in [0.25, 0.3) is 0 Å². The van der Waals surface area contributed by atoms with Crippen molar-refractivity contribution in [3.8, 4) is 5.75 Å². The first-order chi connectivity index (χ1) is 9.01. The Morgan fingerprint density at radius 3 is 2.32 bits per heavy atom. The summed E-state index contributed by atoms with van der Waals surface area (Å²) in [6.07, 6.45) is 0. The largest absolute Gasteiger partial charge is 0.496 e. The zero-order valence-electron chi connectivity index (χ0n) is 10.6. The number of methoxy groups -OCH3 is 1. The standard InChI is InChI=1S/C15H13Br3O/c1-9-5-11(7-12(16)6-9)15(18)10-3-4-14(19-2)13(17)8-10/h3-8,15H,1-2H3. The minimum Gasteiger partial charge on any atom is -0.496 e. The monoisotopic (exact) mass is 446 g/mol. The third-order valence-corrected chi connectivity index (χ3v) is 4.96. The molecule has 2 aromatic rings. The third-order valence-electron chi connectivity index (χ3n) is 2.83. The molecule has 2 rings (SSSR count). The SMILES string of the molecule is COc1ccc(C(Br)c2cc(C)cc(Br)c2)cc1Br. The molecule has 0 aliphatic heterocycles. The molecule has 0 aliphatic carbocycles. The molecule has 1 unspecified atom stereocenters. The summed E-state index contributed by atoms with van der Waals surface area (Å²) < 4.78 is 7.31. The summed E-state index contributed by atoms with van der Waals surface area (Å²) in [6, 6.07) is 12.5. The number of ether oxygens (including phenoxy) is 1. The quantitative estimate of drug-likeness (QED) is 0.522. The Morgan fingerprint density at radius 1 is 1.00 bits per heavy atom. The van der Waals surface area contributed by atoms with Gasteiger partial charge < -0.3 is 4.74 Å². The van der Waals surface area contributed by atoms with Crippen LogP contribution in [0, 0.1) is 6.92 Å². The van der Waals surface area contributed by atoms with Crippen molar-refractivity contribution in [1.82, 2.24) is 0 Å². The second-order valence-corrected chi connectivity index (χ2v) is 7.00. The number of halogens is 3. The average Bonchev–Trinajstić information content (AvgIpc) is 2.36. The fourth-order valence-corrected chi connectivity index (χ4v) is 3.68. The van der Waals surface area contributed by atoms with Crippen LogP contribution >= 0.6 is 47.8 Å². The molecule has 4 heteroatoms. The summed E-state index contributed by atoms with van der Waals surface area (Å²) in [6.45, 7) is 2.10. The summed E-state index contributed by atoms with van der Waals surface area (Å²) in [4.78, 5) is 0.158. The van der Waals surface area contributed by atoms with Crippen LogP contribution < -0.4 is 4.74 Å². The van der Waals surface area contributed by atoms with Crippen molar-refractivity contribution >= 4 is 47.8 Å². The first-order valence-corrected chi connectivity index (χ1v) is 8.26. The van der Waals surface area contributed by atoms with Crippen LogP contribution in [-0.4, -0.2) is 7.11 Å². The molecule has 0 heterocycles. The predicted octanol–water partition coefficient (Wildman–Crippen LogP) is 6.01. The van der Waals surface area contributed by atoms with Crippen LogP contribution in [-0.2, 0) is 0 Å². The average molecular weight is 449 g/mol. The molecule has 2 aromatic carbocycles. The summed E-state index contributed by atoms with van der Waals surface area (Å²) >= 11 is 10.8. The number of aryl methyl sites for hydroxylation is 1. The highest BCUT2D eigenvalue weighted by molar-refractivity contribution is 9.11. The Balaban J connectivity index is 2.38. The number of benzene rings is 2. The van der Waals surface area contributed by atoms with Crippen molar-refractivity contribution in [3.63, 3.8) is 0 Å². The van der Waals surface area contributed by atoms with E-state index >= 15 is 0 Å². The zero-order valence-corrected chi connectivity index (χ0v) is 15.3. The Morgan fingerprint density at radius 2 is 1.74 bits per heavy atom. The lowest BCUT2D eigenvalue weighted by atomic mass is 10.0. The van der Waals surface area contributed by atoms with Gasteiger partial charge in [0.2, 0.25) is 0 Å². The van der Waals surface area contributed by atoms with Crippen molar-refractivity contribution in [3.05, 3.63) is 62.0 Å². The number of hydrogen-bond acceptors (Lipinski definition) is 1. The van der Waals surface area contributed by atoms with Crippen molar-refractivity contribution in [2.45, 2.75) is 11.8 Å². The van der Waals surface area contributed by atoms with Gasteiger partial charge in [0.25, 0.3) is 0 Å². The summed E-state index contributed by atoms with van der Waals surface area (Å²) in [5.41, 5.74) is 3.65. The maximum Gasteiger partial charge on any atom is 0.133 e. The first kappa shape index (κ1) is 15.1. The molecule has 0 saturated heterocycles. The van der Waals surface area contributed by atoms with Crippen LogP contribution in [0.2, 0.25) is 0 Å². The third kappa shape index (κ3) is 3.61. The Kier molecular flexibility index (Phi) is 5.09. The second-order valence-electron chi connectivity index (χ2n) is 4.32. The minimum absolute atomic E-state index is 0.158. The Hall–Kier alpha value is -0.320. The second kappa shape index (κ2) is 6.42. The Labute approximate surface area is 138 Å². The fourth-order valence-electron chi connectivity index (χ4n) is 1.94. The van der Waals surface area contributed by atoms with Gasteiger partial charge in [0, 0.05) is 4.47 Å². The lowest BCUT2D eigenvalue weighted by molar-refractivity contribution is 0.412. The van der Waals surface area contributed by atoms with Gasteiger partial charge in [-0.1, -0.05) is 44.0 Å². The van der Waals surface area contributed by atoms with Gasteiger partial charge in [-0.05, 0) is 63.8 Å². The zero-order chi connectivity index (χ0) is 14.0. The summed E-state index contributed by atoms with van der Waals surface area (Å²) in [5.74, 6) is 0.842. The van der Waals surface area contributed by atoms with Gasteiger partial charge in [-0.15, -0.1) is 0 Å². The highest BCUT2D eigenvalue weighted by atomic mass is 79.9. The van der Waals surface area contributed by atoms with Crippen LogP contribution in [0.1, 0.15) is 21.5 Å². The number of hydrogen-bond donors (Lipinski definition) is 0. The van der Waals surface area contributed by atoms with Gasteiger partial charge in [0.1, 0.15) is 5.75 Å². The van der Waals surface area contributed by atoms with Crippen LogP contribution in [0.3, 0.4) is 0 Å². The molecule has 0 aromatic heterocycles. The normalized spacial score (nSPS) is 12.3. The molecule has 0 aliphatic rings. The van der Waals surface area contributed by atoms with E-state index in [1.54, 1.807) is 7.11 Å². The lowest BCUT2D eigenvalue weighted by Gasteiger charge is -2.14. The van der Waals surface area contributed by atoms with E-state index in [4.69, 9.17) is 4.74 Å². The van der Waals surface area contributed by atoms with Crippen LogP contribution in [0.5, 0.6) is 5.75 Å². The Bertz CT molecular complexity index is 576. The van der Waals surface area contributed by atoms with Crippen molar-refractivity contribution in [2.24, 2.45) is 0 Å². The molecule has 0 fully saturated rings. The predicted molar refractivity (Wildman–Crippen MR) is 90.3 cm³/mol. The molecule has 1 nitrogen and oxygen atoms in total. The maximum absolute atomic E-state index is 5.25. The van der Waals surface area contributed by atoms with Crippen LogP contribution in [0.4, 0.5) is 0 Å². The van der Waals surface area contributed by atoms with E-state index in [-0.39, 0.29) is 4.83 Å². The highest BCUT2D eigenvalue weighted by Gasteiger charge is 2.13. The first-order valence-electron chi connectivity index (χ1n) is 5.76. The molecule has 0 amide bonds. The van der Waals surface area contributed by atoms with Gasteiger partial charge in [0.05, 0.1) is 16.4 Å². The lowest BCUT2D eigenvalue weighted by Crippen LogP contribution is -1.95. The summed E-state index contributed by atoms with van der Waals surface area (Å²) in [7, 11) is 1.67. The van der Waals surface area contributed by atoms with E-state index in [1.807, 2.05) is 6.07 Å². The topological polar surface area (TPSA) is 9.23 Å². The van der Waals surface area contributed by atoms with E-state index in [9.17, 15) is 0 Å². The van der Waals surface area contributed by atoms with E-state index in [0.29, 0.717) is 0 Å². The summed E-state index contributed by atoms with van der Waals surface area (Å²) in [5, 5.41) is 0. The number of alkyl halides is 1. The van der Waals surface area contributed by atoms with E-state index in [2.05, 4.69) is 85.0 Å². The van der Waals surface area contributed by atoms with Crippen molar-refractivity contribution in [2.75, 3.05) is 7.11 Å². The molecule has 100 valence electrons. The van der Waals surface area contributed by atoms with Crippen LogP contribution in [0.15, 0.2) is 45.3 Å². The molecule has 0 bridgehead atoms. The molecule has 0 spiro atoms. The highest BCUT2D eigenvalue weighted by Crippen LogP contribution is 2.36. The molecular formula is C15H13Br3O. The molecule has 0 saturated carbocycles. The van der Waals surface area contributed by atoms with Gasteiger partial charge >= 0.3 is 0 Å². The number of rotatable bonds is 3. The molecule has 1 atom stereocenters. The van der Waals surface area contributed by atoms with E-state index in [0.717, 1.165) is 14.7 Å². The van der Waals surface area contributed by atoms with E-state index < -0.39 is 0 Å². The van der Waals surface area contributed by atoms with Crippen molar-refractivity contribution < 1.29 is 4.74 Å². The van der Waals surface area contributed by atoms with Gasteiger partial charge in [-0.25, -0.2) is 0 Å². The molecule has 19 heavy (non-hydrogen) atoms. The van der Waals surface area contributed by atoms with Crippen molar-refractivity contribution in [1.29, 1.82) is 0 Å². The molecule has 0 radical (unpaired) electrons.